The summed E-state index contributed by atoms with van der Waals surface area (Å²) in [5, 5.41) is 5.29. The van der Waals surface area contributed by atoms with E-state index < -0.39 is 23.7 Å². The smallest absolute Gasteiger partial charge is 0.319 e. The first-order valence-corrected chi connectivity index (χ1v) is 6.95. The normalized spacial score (nSPS) is 13.5. The minimum absolute atomic E-state index is 0.151. The Morgan fingerprint density at radius 1 is 1.09 bits per heavy atom. The molecule has 3 rings (SSSR count). The number of hydrogen-bond donors (Lipinski definition) is 2. The zero-order valence-electron chi connectivity index (χ0n) is 12.2. The van der Waals surface area contributed by atoms with E-state index in [1.165, 1.54) is 6.07 Å². The Balaban J connectivity index is 1.63. The lowest BCUT2D eigenvalue weighted by Gasteiger charge is -2.15. The molecule has 1 aliphatic heterocycles. The minimum atomic E-state index is -0.952. The first kappa shape index (κ1) is 15.1. The zero-order valence-corrected chi connectivity index (χ0v) is 12.2. The fourth-order valence-electron chi connectivity index (χ4n) is 2.20. The monoisotopic (exact) mass is 320 g/mol. The number of ether oxygens (including phenoxy) is 2. The Kier molecular flexibility index (Phi) is 4.01. The van der Waals surface area contributed by atoms with Gasteiger partial charge in [-0.2, -0.15) is 0 Å². The van der Waals surface area contributed by atoms with Crippen LogP contribution in [0.2, 0.25) is 0 Å². The third-order valence-electron chi connectivity index (χ3n) is 3.42. The highest BCUT2D eigenvalue weighted by Gasteiger charge is 2.15. The quantitative estimate of drug-likeness (QED) is 0.909. The third kappa shape index (κ3) is 3.33. The molecule has 1 atom stereocenters. The van der Waals surface area contributed by atoms with Crippen molar-refractivity contribution in [3.63, 3.8) is 0 Å². The van der Waals surface area contributed by atoms with Crippen molar-refractivity contribution >= 4 is 11.7 Å². The predicted molar refractivity (Wildman–Crippen MR) is 79.5 cm³/mol. The molecule has 1 unspecified atom stereocenters. The number of benzene rings is 2. The Morgan fingerprint density at radius 3 is 2.65 bits per heavy atom. The second-order valence-electron chi connectivity index (χ2n) is 5.06. The number of nitrogens with one attached hydrogen (secondary N) is 2. The van der Waals surface area contributed by atoms with Crippen molar-refractivity contribution in [3.05, 3.63) is 53.6 Å². The molecule has 0 radical (unpaired) electrons. The van der Waals surface area contributed by atoms with Gasteiger partial charge in [0.15, 0.2) is 23.1 Å². The summed E-state index contributed by atoms with van der Waals surface area (Å²) in [5.74, 6) is -0.708. The number of carbonyl (C=O) groups excluding carboxylic acids is 1. The molecule has 2 aromatic rings. The number of anilines is 1. The average Bonchev–Trinajstić information content (AvgIpc) is 2.97. The summed E-state index contributed by atoms with van der Waals surface area (Å²) < 4.78 is 36.6. The van der Waals surface area contributed by atoms with Crippen molar-refractivity contribution in [1.29, 1.82) is 0 Å². The Labute approximate surface area is 131 Å². The first-order valence-electron chi connectivity index (χ1n) is 6.95. The molecule has 2 aromatic carbocycles. The van der Waals surface area contributed by atoms with Crippen LogP contribution in [0, 0.1) is 11.6 Å². The molecule has 1 aliphatic rings. The number of fused-ring (bicyclic) bond motifs is 1. The molecular weight excluding hydrogens is 306 g/mol. The van der Waals surface area contributed by atoms with Gasteiger partial charge in [-0.3, -0.25) is 0 Å². The summed E-state index contributed by atoms with van der Waals surface area (Å²) in [6, 6.07) is 7.56. The number of amides is 2. The number of urea groups is 1. The molecule has 2 N–H and O–H groups in total. The second kappa shape index (κ2) is 6.12. The lowest BCUT2D eigenvalue weighted by molar-refractivity contribution is 0.174. The number of halogens is 2. The maximum absolute atomic E-state index is 13.2. The topological polar surface area (TPSA) is 59.6 Å². The molecule has 0 spiro atoms. The molecule has 2 amide bonds. The minimum Gasteiger partial charge on any atom is -0.454 e. The Hall–Kier alpha value is -2.83. The molecule has 0 fully saturated rings. The van der Waals surface area contributed by atoms with E-state index in [0.29, 0.717) is 22.7 Å². The third-order valence-corrected chi connectivity index (χ3v) is 3.42. The molecule has 0 bridgehead atoms. The van der Waals surface area contributed by atoms with E-state index in [2.05, 4.69) is 10.6 Å². The van der Waals surface area contributed by atoms with Gasteiger partial charge in [0.25, 0.3) is 0 Å². The van der Waals surface area contributed by atoms with Gasteiger partial charge in [0.2, 0.25) is 6.79 Å². The van der Waals surface area contributed by atoms with E-state index in [9.17, 15) is 13.6 Å². The summed E-state index contributed by atoms with van der Waals surface area (Å²) in [4.78, 5) is 12.0. The summed E-state index contributed by atoms with van der Waals surface area (Å²) in [6.07, 6.45) is 0. The van der Waals surface area contributed by atoms with Crippen molar-refractivity contribution in [2.75, 3.05) is 12.1 Å². The van der Waals surface area contributed by atoms with Gasteiger partial charge in [-0.15, -0.1) is 0 Å². The van der Waals surface area contributed by atoms with Gasteiger partial charge in [-0.25, -0.2) is 13.6 Å². The van der Waals surface area contributed by atoms with Crippen LogP contribution < -0.4 is 20.1 Å². The van der Waals surface area contributed by atoms with Crippen LogP contribution in [0.25, 0.3) is 0 Å². The molecule has 5 nitrogen and oxygen atoms in total. The zero-order chi connectivity index (χ0) is 16.4. The van der Waals surface area contributed by atoms with Crippen LogP contribution in [-0.2, 0) is 0 Å². The summed E-state index contributed by atoms with van der Waals surface area (Å²) in [6.45, 7) is 1.82. The molecule has 120 valence electrons. The van der Waals surface area contributed by atoms with E-state index in [1.807, 2.05) is 0 Å². The van der Waals surface area contributed by atoms with Crippen LogP contribution in [0.4, 0.5) is 19.3 Å². The maximum Gasteiger partial charge on any atom is 0.319 e. The van der Waals surface area contributed by atoms with Gasteiger partial charge < -0.3 is 20.1 Å². The summed E-state index contributed by atoms with van der Waals surface area (Å²) in [5.41, 5.74) is 0.994. The van der Waals surface area contributed by atoms with Gasteiger partial charge >= 0.3 is 6.03 Å². The summed E-state index contributed by atoms with van der Waals surface area (Å²) >= 11 is 0. The predicted octanol–water partition coefficient (Wildman–Crippen LogP) is 3.58. The van der Waals surface area contributed by atoms with Crippen LogP contribution in [0.5, 0.6) is 11.5 Å². The van der Waals surface area contributed by atoms with E-state index in [0.717, 1.165) is 12.1 Å². The molecule has 0 saturated heterocycles. The number of carbonyl (C=O) groups is 1. The van der Waals surface area contributed by atoms with Gasteiger partial charge in [-0.05, 0) is 36.8 Å². The molecule has 0 aromatic heterocycles. The second-order valence-corrected chi connectivity index (χ2v) is 5.06. The van der Waals surface area contributed by atoms with E-state index >= 15 is 0 Å². The molecule has 0 aliphatic carbocycles. The van der Waals surface area contributed by atoms with Crippen LogP contribution in [0.1, 0.15) is 18.5 Å². The van der Waals surface area contributed by atoms with E-state index in [4.69, 9.17) is 9.47 Å². The fourth-order valence-corrected chi connectivity index (χ4v) is 2.20. The highest BCUT2D eigenvalue weighted by Crippen LogP contribution is 2.34. The van der Waals surface area contributed by atoms with Crippen molar-refractivity contribution in [1.82, 2.24) is 5.32 Å². The molecule has 7 heteroatoms. The van der Waals surface area contributed by atoms with Crippen molar-refractivity contribution < 1.29 is 23.0 Å². The average molecular weight is 320 g/mol. The Morgan fingerprint density at radius 2 is 1.87 bits per heavy atom. The fraction of sp³-hybridized carbons (Fsp3) is 0.188. The lowest BCUT2D eigenvalue weighted by atomic mass is 10.1. The van der Waals surface area contributed by atoms with E-state index in [1.54, 1.807) is 25.1 Å². The largest absolute Gasteiger partial charge is 0.454 e. The lowest BCUT2D eigenvalue weighted by Crippen LogP contribution is -2.31. The van der Waals surface area contributed by atoms with Crippen molar-refractivity contribution in [2.45, 2.75) is 13.0 Å². The first-order chi connectivity index (χ1) is 11.0. The Bertz CT molecular complexity index is 752. The van der Waals surface area contributed by atoms with Crippen LogP contribution >= 0.6 is 0 Å². The highest BCUT2D eigenvalue weighted by atomic mass is 19.2. The van der Waals surface area contributed by atoms with Crippen LogP contribution in [-0.4, -0.2) is 12.8 Å². The standard InChI is InChI=1S/C16H14F2N2O3/c1-9(10-2-4-12(17)13(18)6-10)19-16(21)20-11-3-5-14-15(7-11)23-8-22-14/h2-7,9H,8H2,1H3,(H2,19,20,21). The van der Waals surface area contributed by atoms with Crippen molar-refractivity contribution in [3.8, 4) is 11.5 Å². The van der Waals surface area contributed by atoms with Crippen LogP contribution in [0.15, 0.2) is 36.4 Å². The molecular formula is C16H14F2N2O3. The SMILES string of the molecule is CC(NC(=O)Nc1ccc2c(c1)OCO2)c1ccc(F)c(F)c1. The van der Waals surface area contributed by atoms with Crippen molar-refractivity contribution in [2.24, 2.45) is 0 Å². The molecule has 1 heterocycles. The number of rotatable bonds is 3. The van der Waals surface area contributed by atoms with Gasteiger partial charge in [0, 0.05) is 11.8 Å². The highest BCUT2D eigenvalue weighted by molar-refractivity contribution is 5.90. The molecule has 0 saturated carbocycles. The number of hydrogen-bond acceptors (Lipinski definition) is 3. The summed E-state index contributed by atoms with van der Waals surface area (Å²) in [7, 11) is 0. The van der Waals surface area contributed by atoms with Gasteiger partial charge in [-0.1, -0.05) is 6.07 Å². The maximum atomic E-state index is 13.2. The van der Waals surface area contributed by atoms with Crippen LogP contribution in [0.3, 0.4) is 0 Å². The van der Waals surface area contributed by atoms with E-state index in [-0.39, 0.29) is 6.79 Å². The molecule has 23 heavy (non-hydrogen) atoms. The van der Waals surface area contributed by atoms with Gasteiger partial charge in [0.1, 0.15) is 0 Å². The van der Waals surface area contributed by atoms with Gasteiger partial charge in [0.05, 0.1) is 6.04 Å².